The molecule has 0 bridgehead atoms. The number of aromatic nitrogens is 4. The molecule has 0 spiro atoms. The predicted octanol–water partition coefficient (Wildman–Crippen LogP) is 21.0. The fourth-order valence-corrected chi connectivity index (χ4v) is 13.5. The smallest absolute Gasteiger partial charge is 0.309 e. The van der Waals surface area contributed by atoms with E-state index >= 15 is 13.2 Å². The molecule has 10 heteroatoms. The van der Waals surface area contributed by atoms with Crippen LogP contribution in [-0.2, 0) is 6.18 Å². The van der Waals surface area contributed by atoms with E-state index in [9.17, 15) is 15.8 Å². The molecule has 90 heavy (non-hydrogen) atoms. The Kier molecular flexibility index (Phi) is 12.9. The van der Waals surface area contributed by atoms with Gasteiger partial charge in [0.2, 0.25) is 0 Å². The van der Waals surface area contributed by atoms with Crippen LogP contribution >= 0.6 is 0 Å². The number of rotatable bonds is 6. The SMILES string of the molecule is Cc1ccc2c3ccccc3n(-c3cc(-c4cccc(C#N)c4)c(-n4c5ccccc5c5ccc(C)cc54)cc3C#N)c2c1.Cc1ccc2c3ccccc3n(-c3cc(C(F)(F)F)c(-n4c5ccccc5c5ccc(C)cc54)cc3-c3cccc(C#N)c3)c2c1. The van der Waals surface area contributed by atoms with Gasteiger partial charge in [0.25, 0.3) is 0 Å². The van der Waals surface area contributed by atoms with Crippen LogP contribution < -0.4 is 0 Å². The van der Waals surface area contributed by atoms with Crippen LogP contribution in [0.15, 0.2) is 243 Å². The van der Waals surface area contributed by atoms with Crippen LogP contribution in [-0.4, -0.2) is 18.3 Å². The molecule has 0 amide bonds. The number of hydrogen-bond donors (Lipinski definition) is 0. The van der Waals surface area contributed by atoms with Gasteiger partial charge in [-0.15, -0.1) is 0 Å². The quantitative estimate of drug-likeness (QED) is 0.166. The van der Waals surface area contributed by atoms with Gasteiger partial charge in [0.15, 0.2) is 0 Å². The van der Waals surface area contributed by atoms with Crippen LogP contribution in [0, 0.1) is 61.7 Å². The van der Waals surface area contributed by atoms with Gasteiger partial charge in [-0.2, -0.15) is 29.0 Å². The molecule has 0 saturated carbocycles. The Labute approximate surface area is 516 Å². The largest absolute Gasteiger partial charge is 0.418 e. The summed E-state index contributed by atoms with van der Waals surface area (Å²) in [7, 11) is 0. The van der Waals surface area contributed by atoms with Crippen molar-refractivity contribution >= 4 is 87.2 Å². The number of halogens is 3. The van der Waals surface area contributed by atoms with Gasteiger partial charge in [-0.1, -0.05) is 146 Å². The van der Waals surface area contributed by atoms with Gasteiger partial charge in [-0.05, 0) is 158 Å². The minimum absolute atomic E-state index is 0.0300. The first kappa shape index (κ1) is 54.7. The molecule has 0 saturated heterocycles. The van der Waals surface area contributed by atoms with Gasteiger partial charge in [-0.3, -0.25) is 0 Å². The highest BCUT2D eigenvalue weighted by Crippen LogP contribution is 2.46. The van der Waals surface area contributed by atoms with Crippen molar-refractivity contribution in [3.8, 4) is 63.2 Å². The zero-order chi connectivity index (χ0) is 61.7. The summed E-state index contributed by atoms with van der Waals surface area (Å²) >= 11 is 0. The first-order valence-electron chi connectivity index (χ1n) is 29.6. The Hall–Kier alpha value is -11.9. The second-order valence-electron chi connectivity index (χ2n) is 23.3. The van der Waals surface area contributed by atoms with Crippen molar-refractivity contribution in [1.82, 2.24) is 18.3 Å². The van der Waals surface area contributed by atoms with Crippen molar-refractivity contribution in [3.63, 3.8) is 0 Å². The van der Waals surface area contributed by atoms with Gasteiger partial charge < -0.3 is 18.3 Å². The number of aryl methyl sites for hydroxylation is 4. The van der Waals surface area contributed by atoms with Crippen LogP contribution in [0.3, 0.4) is 0 Å². The summed E-state index contributed by atoms with van der Waals surface area (Å²) < 4.78 is 54.4. The lowest BCUT2D eigenvalue weighted by Gasteiger charge is -2.22. The molecule has 0 N–H and O–H groups in total. The van der Waals surface area contributed by atoms with Gasteiger partial charge in [0.05, 0.1) is 101 Å². The Bertz CT molecular complexity index is 5830. The summed E-state index contributed by atoms with van der Waals surface area (Å²) in [5.74, 6) is 0. The fraction of sp³-hybridized carbons (Fsp3) is 0.0625. The first-order chi connectivity index (χ1) is 43.8. The third kappa shape index (κ3) is 8.86. The van der Waals surface area contributed by atoms with E-state index in [0.717, 1.165) is 121 Å². The standard InChI is InChI=1S/C40H26F3N3.C40H26N4/c1-24-14-16-30-28-10-3-5-12-34(28)45(36(30)18-24)38-22-33(40(41,42)43)39(21-32(38)27-9-7-8-26(20-27)23-44)46-35-13-6-4-11-29(35)31-17-15-25(2)19-37(31)46;1-25-14-16-32-30-10-3-5-12-35(30)43(38(32)18-25)37-22-34(28-9-7-8-27(20-28)23-41)40(21-29(37)24-42)44-36-13-6-4-11-31(36)33-17-15-26(2)19-39(33)44/h3-22H,1-2H3;3-22H,1-2H3. The highest BCUT2D eigenvalue weighted by Gasteiger charge is 2.37. The highest BCUT2D eigenvalue weighted by atomic mass is 19.4. The molecule has 16 rings (SSSR count). The maximum absolute atomic E-state index is 15.4. The summed E-state index contributed by atoms with van der Waals surface area (Å²) in [6.45, 7) is 8.12. The molecule has 0 aliphatic heterocycles. The highest BCUT2D eigenvalue weighted by molar-refractivity contribution is 6.13. The molecule has 0 aliphatic carbocycles. The van der Waals surface area contributed by atoms with E-state index < -0.39 is 11.7 Å². The molecule has 0 atom stereocenters. The van der Waals surface area contributed by atoms with Gasteiger partial charge in [0, 0.05) is 54.2 Å². The topological polar surface area (TPSA) is 91.1 Å². The van der Waals surface area contributed by atoms with E-state index in [0.29, 0.717) is 44.5 Å². The summed E-state index contributed by atoms with van der Waals surface area (Å²) in [4.78, 5) is 0. The maximum Gasteiger partial charge on any atom is 0.418 e. The maximum atomic E-state index is 15.4. The second-order valence-corrected chi connectivity index (χ2v) is 23.3. The molecule has 16 aromatic rings. The zero-order valence-corrected chi connectivity index (χ0v) is 49.4. The minimum Gasteiger partial charge on any atom is -0.309 e. The lowest BCUT2D eigenvalue weighted by atomic mass is 9.97. The monoisotopic (exact) mass is 1170 g/mol. The second kappa shape index (κ2) is 21.2. The zero-order valence-electron chi connectivity index (χ0n) is 49.4. The Morgan fingerprint density at radius 2 is 0.611 bits per heavy atom. The molecule has 7 nitrogen and oxygen atoms in total. The summed E-state index contributed by atoms with van der Waals surface area (Å²) in [6, 6.07) is 86.1. The van der Waals surface area contributed by atoms with Crippen LogP contribution in [0.5, 0.6) is 0 Å². The minimum atomic E-state index is -4.67. The van der Waals surface area contributed by atoms with Crippen molar-refractivity contribution < 1.29 is 13.2 Å². The fourth-order valence-electron chi connectivity index (χ4n) is 13.5. The van der Waals surface area contributed by atoms with E-state index in [1.165, 1.54) is 6.07 Å². The normalized spacial score (nSPS) is 11.7. The third-order valence-corrected chi connectivity index (χ3v) is 17.5. The molecular weight excluding hydrogens is 1120 g/mol. The third-order valence-electron chi connectivity index (χ3n) is 17.5. The first-order valence-corrected chi connectivity index (χ1v) is 29.6. The lowest BCUT2D eigenvalue weighted by Crippen LogP contribution is -2.13. The van der Waals surface area contributed by atoms with Crippen molar-refractivity contribution in [2.24, 2.45) is 0 Å². The molecule has 0 unspecified atom stereocenters. The molecule has 4 aromatic heterocycles. The number of benzene rings is 12. The molecule has 0 aliphatic rings. The average molecular weight is 1170 g/mol. The van der Waals surface area contributed by atoms with Crippen LogP contribution in [0.4, 0.5) is 13.2 Å². The van der Waals surface area contributed by atoms with Gasteiger partial charge in [-0.25, -0.2) is 0 Å². The summed E-state index contributed by atoms with van der Waals surface area (Å²) in [5.41, 5.74) is 17.6. The van der Waals surface area contributed by atoms with Gasteiger partial charge in [0.1, 0.15) is 6.07 Å². The number of hydrogen-bond acceptors (Lipinski definition) is 3. The molecule has 0 radical (unpaired) electrons. The number of nitrogens with zero attached hydrogens (tertiary/aromatic N) is 7. The van der Waals surface area contributed by atoms with Crippen LogP contribution in [0.25, 0.3) is 132 Å². The number of nitriles is 3. The molecule has 4 heterocycles. The predicted molar refractivity (Wildman–Crippen MR) is 359 cm³/mol. The van der Waals surface area contributed by atoms with Crippen molar-refractivity contribution in [1.29, 1.82) is 15.8 Å². The summed E-state index contributed by atoms with van der Waals surface area (Å²) in [5, 5.41) is 38.6. The lowest BCUT2D eigenvalue weighted by molar-refractivity contribution is -0.137. The Morgan fingerprint density at radius 3 is 0.967 bits per heavy atom. The van der Waals surface area contributed by atoms with E-state index in [2.05, 4.69) is 126 Å². The van der Waals surface area contributed by atoms with E-state index in [4.69, 9.17) is 0 Å². The van der Waals surface area contributed by atoms with Crippen molar-refractivity contribution in [2.45, 2.75) is 33.9 Å². The van der Waals surface area contributed by atoms with Crippen LogP contribution in [0.1, 0.15) is 44.5 Å². The van der Waals surface area contributed by atoms with E-state index in [1.807, 2.05) is 146 Å². The van der Waals surface area contributed by atoms with Crippen LogP contribution in [0.2, 0.25) is 0 Å². The average Bonchev–Trinajstić information content (AvgIpc) is 1.60. The molecule has 12 aromatic carbocycles. The molecule has 428 valence electrons. The van der Waals surface area contributed by atoms with Crippen molar-refractivity contribution in [2.75, 3.05) is 0 Å². The number of fused-ring (bicyclic) bond motifs is 12. The van der Waals surface area contributed by atoms with Crippen molar-refractivity contribution in [3.05, 3.63) is 287 Å². The Balaban J connectivity index is 0.000000150. The Morgan fingerprint density at radius 1 is 0.289 bits per heavy atom. The van der Waals surface area contributed by atoms with E-state index in [-0.39, 0.29) is 5.69 Å². The van der Waals surface area contributed by atoms with Gasteiger partial charge >= 0.3 is 6.18 Å². The number of alkyl halides is 3. The number of para-hydroxylation sites is 4. The summed E-state index contributed by atoms with van der Waals surface area (Å²) in [6.07, 6.45) is -4.67. The molecule has 0 fully saturated rings. The molecular formula is C80H52F3N7. The van der Waals surface area contributed by atoms with E-state index in [1.54, 1.807) is 28.8 Å².